The molecule has 0 aromatic heterocycles. The Morgan fingerprint density at radius 3 is 2.55 bits per heavy atom. The number of nitrogens with one attached hydrogen (secondary N) is 2. The molecule has 4 nitrogen and oxygen atoms in total. The van der Waals surface area contributed by atoms with Gasteiger partial charge in [0.1, 0.15) is 0 Å². The predicted molar refractivity (Wildman–Crippen MR) is 82.1 cm³/mol. The number of methoxy groups -OCH3 is 1. The standard InChI is InChI=1S/C15H23ClN2O2/c1-11(10-13-4-6-14(16)7-5-13)18-12(2)15(19)17-8-9-20-3/h4-7,11-12,18H,8-10H2,1-3H3,(H,17,19). The zero-order valence-electron chi connectivity index (χ0n) is 12.3. The summed E-state index contributed by atoms with van der Waals surface area (Å²) in [5.74, 6) is -0.00925. The second kappa shape index (κ2) is 8.95. The maximum Gasteiger partial charge on any atom is 0.236 e. The second-order valence-corrected chi connectivity index (χ2v) is 5.34. The van der Waals surface area contributed by atoms with Gasteiger partial charge in [-0.25, -0.2) is 0 Å². The molecule has 20 heavy (non-hydrogen) atoms. The Labute approximate surface area is 125 Å². The summed E-state index contributed by atoms with van der Waals surface area (Å²) >= 11 is 5.86. The molecule has 1 rings (SSSR count). The van der Waals surface area contributed by atoms with Gasteiger partial charge < -0.3 is 15.4 Å². The Morgan fingerprint density at radius 2 is 1.95 bits per heavy atom. The van der Waals surface area contributed by atoms with Gasteiger partial charge in [-0.3, -0.25) is 4.79 Å². The Bertz CT molecular complexity index is 409. The van der Waals surface area contributed by atoms with E-state index < -0.39 is 0 Å². The van der Waals surface area contributed by atoms with E-state index in [2.05, 4.69) is 17.6 Å². The number of rotatable bonds is 8. The van der Waals surface area contributed by atoms with Crippen LogP contribution in [0, 0.1) is 0 Å². The summed E-state index contributed by atoms with van der Waals surface area (Å²) in [4.78, 5) is 11.8. The molecule has 2 unspecified atom stereocenters. The van der Waals surface area contributed by atoms with Crippen LogP contribution in [0.25, 0.3) is 0 Å². The molecule has 5 heteroatoms. The predicted octanol–water partition coefficient (Wildman–Crippen LogP) is 2.01. The fourth-order valence-corrected chi connectivity index (χ4v) is 2.09. The highest BCUT2D eigenvalue weighted by Gasteiger charge is 2.14. The van der Waals surface area contributed by atoms with E-state index in [-0.39, 0.29) is 18.0 Å². The van der Waals surface area contributed by atoms with Gasteiger partial charge in [-0.15, -0.1) is 0 Å². The van der Waals surface area contributed by atoms with Gasteiger partial charge in [-0.1, -0.05) is 23.7 Å². The van der Waals surface area contributed by atoms with Crippen LogP contribution in [0.3, 0.4) is 0 Å². The van der Waals surface area contributed by atoms with Gasteiger partial charge in [0, 0.05) is 24.7 Å². The first-order valence-corrected chi connectivity index (χ1v) is 7.18. The number of hydrogen-bond donors (Lipinski definition) is 2. The fourth-order valence-electron chi connectivity index (χ4n) is 1.96. The lowest BCUT2D eigenvalue weighted by Crippen LogP contribution is -2.47. The first-order chi connectivity index (χ1) is 9.52. The van der Waals surface area contributed by atoms with Crippen LogP contribution < -0.4 is 10.6 Å². The molecular formula is C15H23ClN2O2. The van der Waals surface area contributed by atoms with Crippen molar-refractivity contribution >= 4 is 17.5 Å². The Kier molecular flexibility index (Phi) is 7.59. The van der Waals surface area contributed by atoms with Crippen LogP contribution in [0.15, 0.2) is 24.3 Å². The molecule has 0 fully saturated rings. The molecule has 0 aliphatic carbocycles. The molecule has 1 aromatic carbocycles. The summed E-state index contributed by atoms with van der Waals surface area (Å²) in [6, 6.07) is 7.75. The van der Waals surface area contributed by atoms with Crippen LogP contribution in [0.1, 0.15) is 19.4 Å². The largest absolute Gasteiger partial charge is 0.383 e. The summed E-state index contributed by atoms with van der Waals surface area (Å²) < 4.78 is 4.90. The van der Waals surface area contributed by atoms with Crippen molar-refractivity contribution < 1.29 is 9.53 Å². The molecule has 0 heterocycles. The highest BCUT2D eigenvalue weighted by atomic mass is 35.5. The van der Waals surface area contributed by atoms with Gasteiger partial charge in [-0.05, 0) is 38.0 Å². The zero-order valence-corrected chi connectivity index (χ0v) is 13.0. The average Bonchev–Trinajstić information content (AvgIpc) is 2.41. The van der Waals surface area contributed by atoms with Gasteiger partial charge in [0.05, 0.1) is 12.6 Å². The van der Waals surface area contributed by atoms with Crippen LogP contribution >= 0.6 is 11.6 Å². The first kappa shape index (κ1) is 17.0. The minimum Gasteiger partial charge on any atom is -0.383 e. The van der Waals surface area contributed by atoms with E-state index in [1.54, 1.807) is 7.11 Å². The maximum absolute atomic E-state index is 11.8. The van der Waals surface area contributed by atoms with Crippen LogP contribution in [-0.2, 0) is 16.0 Å². The van der Waals surface area contributed by atoms with Crippen molar-refractivity contribution in [1.29, 1.82) is 0 Å². The molecule has 0 bridgehead atoms. The van der Waals surface area contributed by atoms with E-state index >= 15 is 0 Å². The van der Waals surface area contributed by atoms with Gasteiger partial charge in [0.25, 0.3) is 0 Å². The van der Waals surface area contributed by atoms with Gasteiger partial charge in [0.15, 0.2) is 0 Å². The maximum atomic E-state index is 11.8. The third-order valence-electron chi connectivity index (χ3n) is 2.99. The first-order valence-electron chi connectivity index (χ1n) is 6.80. The molecule has 0 spiro atoms. The van der Waals surface area contributed by atoms with E-state index in [0.717, 1.165) is 11.4 Å². The molecule has 0 saturated heterocycles. The van der Waals surface area contributed by atoms with Crippen molar-refractivity contribution in [1.82, 2.24) is 10.6 Å². The smallest absolute Gasteiger partial charge is 0.236 e. The minimum absolute atomic E-state index is 0.00925. The fraction of sp³-hybridized carbons (Fsp3) is 0.533. The molecule has 1 amide bonds. The summed E-state index contributed by atoms with van der Waals surface area (Å²) in [6.45, 7) is 4.99. The highest BCUT2D eigenvalue weighted by molar-refractivity contribution is 6.30. The third-order valence-corrected chi connectivity index (χ3v) is 3.24. The summed E-state index contributed by atoms with van der Waals surface area (Å²) in [5.41, 5.74) is 1.20. The Hall–Kier alpha value is -1.10. The third kappa shape index (κ3) is 6.37. The summed E-state index contributed by atoms with van der Waals surface area (Å²) in [5, 5.41) is 6.84. The van der Waals surface area contributed by atoms with E-state index in [1.165, 1.54) is 5.56 Å². The molecule has 0 saturated carbocycles. The van der Waals surface area contributed by atoms with E-state index in [0.29, 0.717) is 13.2 Å². The van der Waals surface area contributed by atoms with Crippen LogP contribution in [-0.4, -0.2) is 38.3 Å². The van der Waals surface area contributed by atoms with Gasteiger partial charge >= 0.3 is 0 Å². The van der Waals surface area contributed by atoms with Gasteiger partial charge in [-0.2, -0.15) is 0 Å². The van der Waals surface area contributed by atoms with E-state index in [4.69, 9.17) is 16.3 Å². The van der Waals surface area contributed by atoms with Crippen molar-refractivity contribution in [2.45, 2.75) is 32.4 Å². The van der Waals surface area contributed by atoms with Crippen LogP contribution in [0.5, 0.6) is 0 Å². The minimum atomic E-state index is -0.228. The topological polar surface area (TPSA) is 50.4 Å². The molecule has 112 valence electrons. The quantitative estimate of drug-likeness (QED) is 0.722. The Balaban J connectivity index is 2.35. The lowest BCUT2D eigenvalue weighted by molar-refractivity contribution is -0.123. The Morgan fingerprint density at radius 1 is 1.30 bits per heavy atom. The number of amides is 1. The second-order valence-electron chi connectivity index (χ2n) is 4.90. The molecule has 0 aliphatic heterocycles. The number of carbonyl (C=O) groups excluding carboxylic acids is 1. The van der Waals surface area contributed by atoms with Crippen LogP contribution in [0.4, 0.5) is 0 Å². The molecule has 0 radical (unpaired) electrons. The molecule has 1 aromatic rings. The van der Waals surface area contributed by atoms with Crippen molar-refractivity contribution in [3.63, 3.8) is 0 Å². The van der Waals surface area contributed by atoms with Gasteiger partial charge in [0.2, 0.25) is 5.91 Å². The van der Waals surface area contributed by atoms with Crippen molar-refractivity contribution in [2.75, 3.05) is 20.3 Å². The highest BCUT2D eigenvalue weighted by Crippen LogP contribution is 2.11. The number of benzene rings is 1. The monoisotopic (exact) mass is 298 g/mol. The lowest BCUT2D eigenvalue weighted by Gasteiger charge is -2.19. The molecular weight excluding hydrogens is 276 g/mol. The molecule has 2 atom stereocenters. The lowest BCUT2D eigenvalue weighted by atomic mass is 10.1. The number of hydrogen-bond acceptors (Lipinski definition) is 3. The molecule has 0 aliphatic rings. The number of ether oxygens (including phenoxy) is 1. The molecule has 2 N–H and O–H groups in total. The summed E-state index contributed by atoms with van der Waals surface area (Å²) in [6.07, 6.45) is 0.854. The van der Waals surface area contributed by atoms with Crippen molar-refractivity contribution in [3.8, 4) is 0 Å². The normalized spacial score (nSPS) is 13.8. The van der Waals surface area contributed by atoms with Crippen LogP contribution in [0.2, 0.25) is 5.02 Å². The zero-order chi connectivity index (χ0) is 15.0. The number of halogens is 1. The number of carbonyl (C=O) groups is 1. The summed E-state index contributed by atoms with van der Waals surface area (Å²) in [7, 11) is 1.61. The SMILES string of the molecule is COCCNC(=O)C(C)NC(C)Cc1ccc(Cl)cc1. The average molecular weight is 299 g/mol. The van der Waals surface area contributed by atoms with Crippen molar-refractivity contribution in [2.24, 2.45) is 0 Å². The van der Waals surface area contributed by atoms with E-state index in [1.807, 2.05) is 31.2 Å². The van der Waals surface area contributed by atoms with E-state index in [9.17, 15) is 4.79 Å². The van der Waals surface area contributed by atoms with Crippen molar-refractivity contribution in [3.05, 3.63) is 34.9 Å².